The molecule has 2 aromatic heterocycles. The van der Waals surface area contributed by atoms with Gasteiger partial charge in [0, 0.05) is 53.0 Å². The third-order valence-corrected chi connectivity index (χ3v) is 4.81. The molecule has 1 amide bonds. The Hall–Kier alpha value is -3.07. The van der Waals surface area contributed by atoms with Crippen molar-refractivity contribution in [3.05, 3.63) is 72.6 Å². The number of nitro benzene ring substituents is 1. The fraction of sp³-hybridized carbons (Fsp3) is 0.235. The van der Waals surface area contributed by atoms with Crippen LogP contribution in [0, 0.1) is 24.0 Å². The van der Waals surface area contributed by atoms with Crippen LogP contribution in [0.2, 0.25) is 0 Å². The molecule has 0 saturated carbocycles. The zero-order valence-electron chi connectivity index (χ0n) is 14.2. The van der Waals surface area contributed by atoms with Gasteiger partial charge in [0.25, 0.3) is 17.2 Å². The molecule has 0 atom stereocenters. The van der Waals surface area contributed by atoms with Gasteiger partial charge in [0.05, 0.1) is 4.92 Å². The highest BCUT2D eigenvalue weighted by Crippen LogP contribution is 2.19. The summed E-state index contributed by atoms with van der Waals surface area (Å²) in [6.07, 6.45) is 0.449. The van der Waals surface area contributed by atoms with Crippen molar-refractivity contribution in [3.63, 3.8) is 0 Å². The van der Waals surface area contributed by atoms with Crippen molar-refractivity contribution in [3.8, 4) is 0 Å². The number of thiazole rings is 1. The summed E-state index contributed by atoms with van der Waals surface area (Å²) < 4.78 is 1.53. The van der Waals surface area contributed by atoms with Crippen molar-refractivity contribution < 1.29 is 9.72 Å². The lowest BCUT2D eigenvalue weighted by molar-refractivity contribution is -0.385. The topological polar surface area (TPSA) is 107 Å². The maximum atomic E-state index is 12.2. The lowest BCUT2D eigenvalue weighted by atomic mass is 10.1. The Morgan fingerprint density at radius 1 is 1.35 bits per heavy atom. The van der Waals surface area contributed by atoms with Crippen LogP contribution in [-0.2, 0) is 6.42 Å². The molecular weight excluding hydrogens is 356 g/mol. The number of carbonyl (C=O) groups is 1. The van der Waals surface area contributed by atoms with E-state index in [1.54, 1.807) is 26.0 Å². The summed E-state index contributed by atoms with van der Waals surface area (Å²) in [4.78, 5) is 39.7. The second-order valence-corrected chi connectivity index (χ2v) is 6.68. The maximum absolute atomic E-state index is 12.2. The molecule has 0 bridgehead atoms. The third kappa shape index (κ3) is 3.47. The number of hydrogen-bond acceptors (Lipinski definition) is 6. The number of nitrogens with one attached hydrogen (secondary N) is 1. The van der Waals surface area contributed by atoms with E-state index in [9.17, 15) is 19.7 Å². The van der Waals surface area contributed by atoms with E-state index in [0.29, 0.717) is 29.2 Å². The van der Waals surface area contributed by atoms with Gasteiger partial charge in [-0.1, -0.05) is 6.07 Å². The summed E-state index contributed by atoms with van der Waals surface area (Å²) >= 11 is 1.37. The molecule has 3 rings (SSSR count). The minimum Gasteiger partial charge on any atom is -0.352 e. The first-order valence-corrected chi connectivity index (χ1v) is 8.75. The van der Waals surface area contributed by atoms with Crippen molar-refractivity contribution in [2.24, 2.45) is 0 Å². The third-order valence-electron chi connectivity index (χ3n) is 3.94. The number of amides is 1. The Kier molecular flexibility index (Phi) is 4.81. The van der Waals surface area contributed by atoms with Gasteiger partial charge in [0.2, 0.25) is 0 Å². The number of nitrogens with zero attached hydrogens (tertiary/aromatic N) is 3. The van der Waals surface area contributed by atoms with Crippen molar-refractivity contribution in [2.45, 2.75) is 20.3 Å². The number of nitro groups is 1. The van der Waals surface area contributed by atoms with Crippen molar-refractivity contribution in [2.75, 3.05) is 6.54 Å². The second-order valence-electron chi connectivity index (χ2n) is 5.85. The zero-order valence-corrected chi connectivity index (χ0v) is 15.0. The van der Waals surface area contributed by atoms with Crippen LogP contribution >= 0.6 is 11.3 Å². The van der Waals surface area contributed by atoms with Crippen LogP contribution in [0.15, 0.2) is 34.4 Å². The lowest BCUT2D eigenvalue weighted by Crippen LogP contribution is -2.27. The Morgan fingerprint density at radius 2 is 2.12 bits per heavy atom. The molecule has 0 saturated heterocycles. The summed E-state index contributed by atoms with van der Waals surface area (Å²) in [5, 5.41) is 15.5. The van der Waals surface area contributed by atoms with Crippen molar-refractivity contribution in [1.82, 2.24) is 14.7 Å². The van der Waals surface area contributed by atoms with Gasteiger partial charge in [0.1, 0.15) is 0 Å². The van der Waals surface area contributed by atoms with Gasteiger partial charge in [-0.2, -0.15) is 0 Å². The van der Waals surface area contributed by atoms with Crippen LogP contribution < -0.4 is 10.9 Å². The molecule has 0 aliphatic rings. The van der Waals surface area contributed by atoms with E-state index in [1.807, 2.05) is 5.38 Å². The quantitative estimate of drug-likeness (QED) is 0.546. The minimum absolute atomic E-state index is 0.0884. The minimum atomic E-state index is -0.509. The molecule has 26 heavy (non-hydrogen) atoms. The first-order chi connectivity index (χ1) is 12.4. The van der Waals surface area contributed by atoms with Gasteiger partial charge in [-0.05, 0) is 19.9 Å². The molecule has 0 unspecified atom stereocenters. The van der Waals surface area contributed by atoms with Gasteiger partial charge >= 0.3 is 0 Å². The van der Waals surface area contributed by atoms with Crippen LogP contribution in [0.25, 0.3) is 4.96 Å². The fourth-order valence-electron chi connectivity index (χ4n) is 2.61. The molecule has 134 valence electrons. The number of aromatic nitrogens is 2. The summed E-state index contributed by atoms with van der Waals surface area (Å²) in [6, 6.07) is 5.83. The van der Waals surface area contributed by atoms with E-state index in [0.717, 1.165) is 5.69 Å². The number of benzene rings is 1. The zero-order chi connectivity index (χ0) is 18.8. The Morgan fingerprint density at radius 3 is 2.85 bits per heavy atom. The number of hydrogen-bond donors (Lipinski definition) is 1. The predicted molar refractivity (Wildman–Crippen MR) is 97.9 cm³/mol. The Labute approximate surface area is 152 Å². The summed E-state index contributed by atoms with van der Waals surface area (Å²) in [7, 11) is 0. The van der Waals surface area contributed by atoms with Crippen molar-refractivity contribution >= 4 is 27.9 Å². The van der Waals surface area contributed by atoms with E-state index in [2.05, 4.69) is 10.3 Å². The van der Waals surface area contributed by atoms with E-state index in [1.165, 1.54) is 27.9 Å². The summed E-state index contributed by atoms with van der Waals surface area (Å²) in [5.74, 6) is -0.394. The molecule has 1 N–H and O–H groups in total. The molecular formula is C17H16N4O4S. The van der Waals surface area contributed by atoms with Crippen LogP contribution in [0.1, 0.15) is 27.3 Å². The normalized spacial score (nSPS) is 10.8. The predicted octanol–water partition coefficient (Wildman–Crippen LogP) is 2.25. The first-order valence-electron chi connectivity index (χ1n) is 7.87. The average molecular weight is 372 g/mol. The maximum Gasteiger partial charge on any atom is 0.273 e. The smallest absolute Gasteiger partial charge is 0.273 e. The Bertz CT molecular complexity index is 1070. The highest BCUT2D eigenvalue weighted by molar-refractivity contribution is 7.15. The molecule has 0 fully saturated rings. The molecule has 2 heterocycles. The first kappa shape index (κ1) is 17.7. The average Bonchev–Trinajstić information content (AvgIpc) is 2.98. The van der Waals surface area contributed by atoms with E-state index in [-0.39, 0.29) is 16.8 Å². The summed E-state index contributed by atoms with van der Waals surface area (Å²) in [5.41, 5.74) is 1.92. The molecule has 8 nitrogen and oxygen atoms in total. The molecule has 9 heteroatoms. The largest absolute Gasteiger partial charge is 0.352 e. The SMILES string of the molecule is Cc1cc(=O)n2c(CCNC(=O)c3ccc(C)c([N+](=O)[O-])c3)csc2n1. The van der Waals surface area contributed by atoms with E-state index >= 15 is 0 Å². The van der Waals surface area contributed by atoms with Crippen molar-refractivity contribution in [1.29, 1.82) is 0 Å². The number of aryl methyl sites for hydroxylation is 2. The number of carbonyl (C=O) groups excluding carboxylic acids is 1. The van der Waals surface area contributed by atoms with E-state index < -0.39 is 10.8 Å². The van der Waals surface area contributed by atoms with Gasteiger partial charge in [-0.3, -0.25) is 24.1 Å². The monoisotopic (exact) mass is 372 g/mol. The van der Waals surface area contributed by atoms with Crippen LogP contribution in [0.5, 0.6) is 0 Å². The fourth-order valence-corrected chi connectivity index (χ4v) is 3.59. The van der Waals surface area contributed by atoms with Gasteiger partial charge in [-0.15, -0.1) is 11.3 Å². The highest BCUT2D eigenvalue weighted by atomic mass is 32.1. The van der Waals surface area contributed by atoms with Crippen LogP contribution in [0.3, 0.4) is 0 Å². The lowest BCUT2D eigenvalue weighted by Gasteiger charge is -2.06. The molecule has 0 spiro atoms. The Balaban J connectivity index is 1.71. The number of fused-ring (bicyclic) bond motifs is 1. The van der Waals surface area contributed by atoms with Gasteiger partial charge < -0.3 is 5.32 Å². The molecule has 0 radical (unpaired) electrons. The highest BCUT2D eigenvalue weighted by Gasteiger charge is 2.15. The van der Waals surface area contributed by atoms with Gasteiger partial charge in [0.15, 0.2) is 4.96 Å². The molecule has 1 aromatic carbocycles. The summed E-state index contributed by atoms with van der Waals surface area (Å²) in [6.45, 7) is 3.68. The van der Waals surface area contributed by atoms with Crippen LogP contribution in [0.4, 0.5) is 5.69 Å². The number of rotatable bonds is 5. The van der Waals surface area contributed by atoms with E-state index in [4.69, 9.17) is 0 Å². The second kappa shape index (κ2) is 7.04. The standard InChI is InChI=1S/C17H16N4O4S/c1-10-3-4-12(8-14(10)21(24)25)16(23)18-6-5-13-9-26-17-19-11(2)7-15(22)20(13)17/h3-4,7-9H,5-6H2,1-2H3,(H,18,23). The van der Waals surface area contributed by atoms with Crippen LogP contribution in [-0.4, -0.2) is 26.8 Å². The van der Waals surface area contributed by atoms with Gasteiger partial charge in [-0.25, -0.2) is 4.98 Å². The molecule has 0 aliphatic heterocycles. The molecule has 0 aliphatic carbocycles. The molecule has 3 aromatic rings.